The molecule has 0 aliphatic carbocycles. The van der Waals surface area contributed by atoms with Gasteiger partial charge in [0.1, 0.15) is 17.5 Å². The first-order valence-corrected chi connectivity index (χ1v) is 16.8. The number of hydrogen-bond donors (Lipinski definition) is 5. The van der Waals surface area contributed by atoms with Crippen LogP contribution in [0.25, 0.3) is 11.1 Å². The fourth-order valence-electron chi connectivity index (χ4n) is 6.70. The molecule has 258 valence electrons. The molecule has 3 amide bonds. The first kappa shape index (κ1) is 32.9. The van der Waals surface area contributed by atoms with Gasteiger partial charge in [0.15, 0.2) is 12.4 Å². The van der Waals surface area contributed by atoms with Crippen molar-refractivity contribution in [1.82, 2.24) is 9.80 Å². The predicted molar refractivity (Wildman–Crippen MR) is 188 cm³/mol. The van der Waals surface area contributed by atoms with Crippen LogP contribution in [0.3, 0.4) is 0 Å². The molecule has 4 aromatic carbocycles. The van der Waals surface area contributed by atoms with E-state index in [1.54, 1.807) is 12.1 Å². The first-order valence-electron chi connectivity index (χ1n) is 16.8. The minimum absolute atomic E-state index is 0.00724. The molecule has 1 fully saturated rings. The molecule has 1 atom stereocenters. The number of nitrogens with one attached hydrogen (secondary N) is 3. The number of nitrogens with zero attached hydrogens (tertiary/aromatic N) is 2. The summed E-state index contributed by atoms with van der Waals surface area (Å²) >= 11 is 0. The van der Waals surface area contributed by atoms with E-state index in [0.29, 0.717) is 29.9 Å². The van der Waals surface area contributed by atoms with Gasteiger partial charge in [0.25, 0.3) is 11.8 Å². The molecule has 4 aromatic rings. The number of aliphatic hydroxyl groups is 1. The zero-order valence-corrected chi connectivity index (χ0v) is 27.4. The lowest BCUT2D eigenvalue weighted by Crippen LogP contribution is -2.42. The van der Waals surface area contributed by atoms with Gasteiger partial charge in [-0.1, -0.05) is 48.5 Å². The molecule has 12 heteroatoms. The highest BCUT2D eigenvalue weighted by Crippen LogP contribution is 2.41. The van der Waals surface area contributed by atoms with Crippen molar-refractivity contribution in [3.8, 4) is 22.6 Å². The molecule has 50 heavy (non-hydrogen) atoms. The number of aromatic hydroxyl groups is 1. The largest absolute Gasteiger partial charge is 0.506 e. The van der Waals surface area contributed by atoms with Crippen LogP contribution < -0.4 is 20.7 Å². The Morgan fingerprint density at radius 3 is 2.56 bits per heavy atom. The highest BCUT2D eigenvalue weighted by atomic mass is 16.6. The number of phenols is 1. The number of fused-ring (bicyclic) bond motifs is 2. The molecule has 1 saturated heterocycles. The Hall–Kier alpha value is -5.59. The van der Waals surface area contributed by atoms with E-state index in [-0.39, 0.29) is 48.3 Å². The number of likely N-dealkylation sites (tertiary alicyclic amines) is 1. The van der Waals surface area contributed by atoms with Crippen LogP contribution in [-0.2, 0) is 16.1 Å². The van der Waals surface area contributed by atoms with E-state index < -0.39 is 12.2 Å². The normalized spacial score (nSPS) is 16.5. The molecule has 1 unspecified atom stereocenters. The van der Waals surface area contributed by atoms with Gasteiger partial charge in [0.2, 0.25) is 0 Å². The smallest absolute Gasteiger partial charge is 0.411 e. The van der Waals surface area contributed by atoms with Crippen molar-refractivity contribution < 1.29 is 34.1 Å². The lowest BCUT2D eigenvalue weighted by molar-refractivity contribution is -0.118. The van der Waals surface area contributed by atoms with E-state index >= 15 is 0 Å². The second-order valence-electron chi connectivity index (χ2n) is 12.7. The molecule has 3 heterocycles. The fraction of sp³-hybridized carbons (Fsp3) is 0.289. The first-order chi connectivity index (χ1) is 24.3. The van der Waals surface area contributed by atoms with Crippen molar-refractivity contribution in [3.05, 3.63) is 102 Å². The summed E-state index contributed by atoms with van der Waals surface area (Å²) in [5, 5.41) is 29.7. The maximum absolute atomic E-state index is 13.2. The van der Waals surface area contributed by atoms with E-state index in [0.717, 1.165) is 54.9 Å². The molecule has 0 aromatic heterocycles. The molecule has 0 spiro atoms. The molecule has 0 saturated carbocycles. The summed E-state index contributed by atoms with van der Waals surface area (Å²) in [5.41, 5.74) is 5.58. The van der Waals surface area contributed by atoms with Crippen LogP contribution in [0.15, 0.2) is 84.9 Å². The Morgan fingerprint density at radius 2 is 1.74 bits per heavy atom. The lowest BCUT2D eigenvalue weighted by atomic mass is 10.0. The quantitative estimate of drug-likeness (QED) is 0.143. The summed E-state index contributed by atoms with van der Waals surface area (Å²) < 4.78 is 11.3. The third kappa shape index (κ3) is 7.21. The highest BCUT2D eigenvalue weighted by molar-refractivity contribution is 5.99. The third-order valence-electron chi connectivity index (χ3n) is 9.36. The number of carbonyl (C=O) groups is 3. The zero-order valence-electron chi connectivity index (χ0n) is 27.4. The monoisotopic (exact) mass is 677 g/mol. The number of carbonyl (C=O) groups excluding carboxylic acids is 3. The lowest BCUT2D eigenvalue weighted by Gasteiger charge is -2.32. The van der Waals surface area contributed by atoms with E-state index in [1.165, 1.54) is 6.07 Å². The highest BCUT2D eigenvalue weighted by Gasteiger charge is 2.30. The Balaban J connectivity index is 0.863. The van der Waals surface area contributed by atoms with E-state index in [1.807, 2.05) is 71.6 Å². The van der Waals surface area contributed by atoms with Gasteiger partial charge >= 0.3 is 6.09 Å². The number of anilines is 3. The van der Waals surface area contributed by atoms with Gasteiger partial charge in [0.05, 0.1) is 11.8 Å². The topological polar surface area (TPSA) is 153 Å². The minimum atomic E-state index is -0.981. The summed E-state index contributed by atoms with van der Waals surface area (Å²) in [5.74, 6) is -0.272. The van der Waals surface area contributed by atoms with Crippen molar-refractivity contribution in [2.45, 2.75) is 31.6 Å². The number of para-hydroxylation sites is 1. The molecule has 3 aliphatic rings. The Bertz CT molecular complexity index is 1890. The molecule has 0 radical (unpaired) electrons. The minimum Gasteiger partial charge on any atom is -0.506 e. The number of piperidine rings is 1. The van der Waals surface area contributed by atoms with Crippen molar-refractivity contribution in [2.24, 2.45) is 0 Å². The van der Waals surface area contributed by atoms with Crippen molar-refractivity contribution in [3.63, 3.8) is 0 Å². The summed E-state index contributed by atoms with van der Waals surface area (Å²) in [6.07, 6.45) is -0.178. The number of aliphatic hydroxyl groups excluding tert-OH is 1. The molecular formula is C38H39N5O7. The van der Waals surface area contributed by atoms with Gasteiger partial charge in [0, 0.05) is 61.6 Å². The summed E-state index contributed by atoms with van der Waals surface area (Å²) in [4.78, 5) is 41.8. The molecule has 0 bridgehead atoms. The second kappa shape index (κ2) is 14.5. The maximum atomic E-state index is 13.2. The second-order valence-corrected chi connectivity index (χ2v) is 12.7. The van der Waals surface area contributed by atoms with Crippen LogP contribution >= 0.6 is 0 Å². The molecular weight excluding hydrogens is 638 g/mol. The standard InChI is InChI=1S/C38H39N5O7/c44-32-13-12-30(36-35(32)41-34(46)23-49-36)33(45)21-39-26-10-11-29-25(20-26)22-43(37(29)47)19-18-42-16-14-27(15-17-42)50-38(48)40-31-9-5-4-8-28(31)24-6-2-1-3-7-24/h1-13,20,27,33,39,44-45H,14-19,21-23H2,(H,40,48)(H,41,46). The van der Waals surface area contributed by atoms with Gasteiger partial charge in [-0.2, -0.15) is 0 Å². The molecule has 5 N–H and O–H groups in total. The van der Waals surface area contributed by atoms with Crippen molar-refractivity contribution in [1.29, 1.82) is 0 Å². The Kier molecular flexibility index (Phi) is 9.54. The summed E-state index contributed by atoms with van der Waals surface area (Å²) in [7, 11) is 0. The van der Waals surface area contributed by atoms with Crippen LogP contribution in [0.1, 0.15) is 40.4 Å². The summed E-state index contributed by atoms with van der Waals surface area (Å²) in [6, 6.07) is 26.1. The van der Waals surface area contributed by atoms with Crippen LogP contribution in [-0.4, -0.2) is 83.4 Å². The number of amides is 3. The van der Waals surface area contributed by atoms with Crippen LogP contribution in [0.5, 0.6) is 11.5 Å². The average Bonchev–Trinajstić information content (AvgIpc) is 3.45. The number of benzene rings is 4. The Morgan fingerprint density at radius 1 is 0.960 bits per heavy atom. The van der Waals surface area contributed by atoms with E-state index in [4.69, 9.17) is 9.47 Å². The van der Waals surface area contributed by atoms with Gasteiger partial charge in [-0.15, -0.1) is 0 Å². The zero-order chi connectivity index (χ0) is 34.6. The van der Waals surface area contributed by atoms with Crippen LogP contribution in [0.2, 0.25) is 0 Å². The fourth-order valence-corrected chi connectivity index (χ4v) is 6.70. The van der Waals surface area contributed by atoms with Crippen LogP contribution in [0, 0.1) is 0 Å². The SMILES string of the molecule is O=C1COc2c(C(O)CNc3ccc4c(c3)CN(CCN3CCC(OC(=O)Nc5ccccc5-c5ccccc5)CC3)C4=O)ccc(O)c2N1. The number of rotatable bonds is 10. The maximum Gasteiger partial charge on any atom is 0.411 e. The van der Waals surface area contributed by atoms with Crippen LogP contribution in [0.4, 0.5) is 21.9 Å². The number of ether oxygens (including phenoxy) is 2. The third-order valence-corrected chi connectivity index (χ3v) is 9.36. The van der Waals surface area contributed by atoms with Crippen molar-refractivity contribution >= 4 is 35.0 Å². The predicted octanol–water partition coefficient (Wildman–Crippen LogP) is 5.20. The van der Waals surface area contributed by atoms with Gasteiger partial charge in [-0.25, -0.2) is 4.79 Å². The molecule has 3 aliphatic heterocycles. The van der Waals surface area contributed by atoms with E-state index in [2.05, 4.69) is 20.9 Å². The van der Waals surface area contributed by atoms with Gasteiger partial charge < -0.3 is 40.1 Å². The summed E-state index contributed by atoms with van der Waals surface area (Å²) in [6.45, 7) is 3.29. The van der Waals surface area contributed by atoms with E-state index in [9.17, 15) is 24.6 Å². The van der Waals surface area contributed by atoms with Crippen molar-refractivity contribution in [2.75, 3.05) is 55.3 Å². The molecule has 7 rings (SSSR count). The average molecular weight is 678 g/mol. The number of hydrogen-bond acceptors (Lipinski definition) is 9. The molecule has 12 nitrogen and oxygen atoms in total. The number of phenolic OH excluding ortho intramolecular Hbond substituents is 1. The van der Waals surface area contributed by atoms with Gasteiger partial charge in [-0.3, -0.25) is 14.9 Å². The van der Waals surface area contributed by atoms with Gasteiger partial charge in [-0.05, 0) is 60.4 Å². The Labute approximate surface area is 289 Å².